The normalized spacial score (nSPS) is 19.4. The van der Waals surface area contributed by atoms with Crippen molar-refractivity contribution in [3.8, 4) is 11.1 Å². The van der Waals surface area contributed by atoms with Crippen molar-refractivity contribution in [3.63, 3.8) is 0 Å². The highest BCUT2D eigenvalue weighted by atomic mass is 15.3. The number of hydrogen-bond acceptors (Lipinski definition) is 2. The third-order valence-corrected chi connectivity index (χ3v) is 9.90. The highest BCUT2D eigenvalue weighted by Crippen LogP contribution is 2.52. The van der Waals surface area contributed by atoms with Gasteiger partial charge in [-0.3, -0.25) is 0 Å². The number of benzene rings is 6. The van der Waals surface area contributed by atoms with Crippen molar-refractivity contribution in [1.82, 2.24) is 0 Å². The number of fused-ring (bicyclic) bond motifs is 3. The van der Waals surface area contributed by atoms with Crippen LogP contribution in [0.5, 0.6) is 0 Å². The largest absolute Gasteiger partial charge is 0.359 e. The van der Waals surface area contributed by atoms with Crippen LogP contribution < -0.4 is 10.2 Å². The van der Waals surface area contributed by atoms with Gasteiger partial charge < -0.3 is 10.2 Å². The van der Waals surface area contributed by atoms with Crippen molar-refractivity contribution in [1.29, 1.82) is 0 Å². The van der Waals surface area contributed by atoms with Gasteiger partial charge in [-0.15, -0.1) is 0 Å². The highest BCUT2D eigenvalue weighted by molar-refractivity contribution is 5.90. The molecule has 0 aromatic heterocycles. The first-order valence-corrected chi connectivity index (χ1v) is 16.5. The third kappa shape index (κ3) is 4.73. The zero-order valence-electron chi connectivity index (χ0n) is 26.0. The summed E-state index contributed by atoms with van der Waals surface area (Å²) >= 11 is 0. The van der Waals surface area contributed by atoms with Crippen LogP contribution in [-0.2, 0) is 0 Å². The third-order valence-electron chi connectivity index (χ3n) is 9.90. The fraction of sp³-hybridized carbons (Fsp3) is 0.0667. The van der Waals surface area contributed by atoms with E-state index in [0.717, 1.165) is 5.69 Å². The second-order valence-corrected chi connectivity index (χ2v) is 12.5. The number of para-hydroxylation sites is 3. The molecule has 3 atom stereocenters. The molecule has 0 saturated heterocycles. The van der Waals surface area contributed by atoms with Crippen LogP contribution in [0, 0.1) is 5.92 Å². The summed E-state index contributed by atoms with van der Waals surface area (Å²) in [4.78, 5) is 2.44. The molecule has 1 heterocycles. The second-order valence-electron chi connectivity index (χ2n) is 12.5. The predicted molar refractivity (Wildman–Crippen MR) is 196 cm³/mol. The number of rotatable bonds is 5. The molecule has 0 bridgehead atoms. The van der Waals surface area contributed by atoms with E-state index in [9.17, 15) is 0 Å². The quantitative estimate of drug-likeness (QED) is 0.211. The number of allylic oxidation sites excluding steroid dienone is 3. The topological polar surface area (TPSA) is 15.3 Å². The molecule has 6 aromatic rings. The molecule has 3 aliphatic rings. The molecule has 0 saturated carbocycles. The second kappa shape index (κ2) is 11.5. The Morgan fingerprint density at radius 3 is 1.91 bits per heavy atom. The molecule has 0 radical (unpaired) electrons. The first-order valence-electron chi connectivity index (χ1n) is 16.5. The van der Waals surface area contributed by atoms with Crippen LogP contribution in [0.2, 0.25) is 0 Å². The summed E-state index contributed by atoms with van der Waals surface area (Å²) < 4.78 is 0. The van der Waals surface area contributed by atoms with Gasteiger partial charge in [0.2, 0.25) is 0 Å². The van der Waals surface area contributed by atoms with Crippen molar-refractivity contribution in [2.24, 2.45) is 5.92 Å². The van der Waals surface area contributed by atoms with E-state index >= 15 is 0 Å². The van der Waals surface area contributed by atoms with Gasteiger partial charge in [0.15, 0.2) is 0 Å². The molecule has 1 aliphatic heterocycles. The summed E-state index contributed by atoms with van der Waals surface area (Å²) in [6.45, 7) is 0. The smallest absolute Gasteiger partial charge is 0.130 e. The van der Waals surface area contributed by atoms with Crippen LogP contribution in [0.3, 0.4) is 0 Å². The van der Waals surface area contributed by atoms with Crippen molar-refractivity contribution in [2.75, 3.05) is 10.2 Å². The minimum atomic E-state index is -0.0187. The van der Waals surface area contributed by atoms with Crippen LogP contribution in [0.25, 0.3) is 16.7 Å². The number of anilines is 3. The number of hydrogen-bond donors (Lipinski definition) is 1. The molecule has 9 rings (SSSR count). The lowest BCUT2D eigenvalue weighted by Gasteiger charge is -2.39. The van der Waals surface area contributed by atoms with Crippen LogP contribution in [0.1, 0.15) is 28.2 Å². The van der Waals surface area contributed by atoms with E-state index in [-0.39, 0.29) is 18.0 Å². The van der Waals surface area contributed by atoms with Gasteiger partial charge in [-0.25, -0.2) is 0 Å². The summed E-state index contributed by atoms with van der Waals surface area (Å²) in [6, 6.07) is 59.3. The van der Waals surface area contributed by atoms with Crippen LogP contribution in [0.15, 0.2) is 193 Å². The molecule has 0 fully saturated rings. The highest BCUT2D eigenvalue weighted by Gasteiger charge is 2.39. The monoisotopic (exact) mass is 602 g/mol. The Labute approximate surface area is 276 Å². The zero-order chi connectivity index (χ0) is 31.2. The molecule has 2 nitrogen and oxygen atoms in total. The van der Waals surface area contributed by atoms with Crippen molar-refractivity contribution in [3.05, 3.63) is 215 Å². The molecular formula is C45H34N2. The van der Waals surface area contributed by atoms with E-state index < -0.39 is 0 Å². The van der Waals surface area contributed by atoms with E-state index in [4.69, 9.17) is 0 Å². The van der Waals surface area contributed by atoms with Crippen LogP contribution >= 0.6 is 0 Å². The Balaban J connectivity index is 1.21. The molecule has 224 valence electrons. The SMILES string of the molecule is C1=CC2=C(c3ccc(-c4ccccc4)cc3)c3ccccc3C(c3ccccc3)C2C=C1C1Nc2ccccc2N1c1ccccc1. The van der Waals surface area contributed by atoms with Gasteiger partial charge in [-0.2, -0.15) is 0 Å². The summed E-state index contributed by atoms with van der Waals surface area (Å²) in [5, 5.41) is 3.88. The Kier molecular flexibility index (Phi) is 6.71. The van der Waals surface area contributed by atoms with Gasteiger partial charge in [-0.05, 0) is 74.4 Å². The summed E-state index contributed by atoms with van der Waals surface area (Å²) in [7, 11) is 0. The average Bonchev–Trinajstić information content (AvgIpc) is 3.54. The molecule has 3 unspecified atom stereocenters. The molecule has 2 heteroatoms. The van der Waals surface area contributed by atoms with E-state index in [2.05, 4.69) is 192 Å². The Morgan fingerprint density at radius 2 is 1.13 bits per heavy atom. The van der Waals surface area contributed by atoms with Crippen LogP contribution in [0.4, 0.5) is 17.1 Å². The first kappa shape index (κ1) is 27.5. The summed E-state index contributed by atoms with van der Waals surface area (Å²) in [5.74, 6) is 0.364. The Hall–Kier alpha value is -5.86. The standard InChI is InChI=1S/C45H34N2/c1-4-14-31(15-5-1)32-24-26-34(27-25-32)43-37-20-10-11-21-38(37)44(33-16-6-2-7-17-33)40-30-35(28-29-39(40)43)45-46-41-22-12-13-23-42(41)47(45)36-18-8-3-9-19-36/h1-30,40,44-46H. The Morgan fingerprint density at radius 1 is 0.511 bits per heavy atom. The molecule has 1 N–H and O–H groups in total. The minimum Gasteiger partial charge on any atom is -0.359 e. The lowest BCUT2D eigenvalue weighted by Crippen LogP contribution is -2.35. The summed E-state index contributed by atoms with van der Waals surface area (Å²) in [5.41, 5.74) is 15.3. The summed E-state index contributed by atoms with van der Waals surface area (Å²) in [6.07, 6.45) is 7.27. The number of nitrogens with zero attached hydrogens (tertiary/aromatic N) is 1. The molecule has 0 spiro atoms. The average molecular weight is 603 g/mol. The van der Waals surface area contributed by atoms with Crippen molar-refractivity contribution >= 4 is 22.6 Å². The molecule has 2 aliphatic carbocycles. The maximum absolute atomic E-state index is 3.88. The van der Waals surface area contributed by atoms with Crippen molar-refractivity contribution < 1.29 is 0 Å². The fourth-order valence-electron chi connectivity index (χ4n) is 7.80. The maximum Gasteiger partial charge on any atom is 0.130 e. The van der Waals surface area contributed by atoms with E-state index in [0.29, 0.717) is 0 Å². The van der Waals surface area contributed by atoms with Gasteiger partial charge in [0.25, 0.3) is 0 Å². The van der Waals surface area contributed by atoms with Gasteiger partial charge >= 0.3 is 0 Å². The molecule has 0 amide bonds. The van der Waals surface area contributed by atoms with E-state index in [1.165, 1.54) is 61.5 Å². The maximum atomic E-state index is 3.88. The van der Waals surface area contributed by atoms with Crippen molar-refractivity contribution in [2.45, 2.75) is 12.1 Å². The van der Waals surface area contributed by atoms with Gasteiger partial charge in [0.1, 0.15) is 6.17 Å². The fourth-order valence-corrected chi connectivity index (χ4v) is 7.80. The van der Waals surface area contributed by atoms with Gasteiger partial charge in [-0.1, -0.05) is 158 Å². The Bertz CT molecular complexity index is 2160. The van der Waals surface area contributed by atoms with Crippen LogP contribution in [-0.4, -0.2) is 6.17 Å². The number of nitrogens with one attached hydrogen (secondary N) is 1. The molecule has 47 heavy (non-hydrogen) atoms. The predicted octanol–water partition coefficient (Wildman–Crippen LogP) is 11.0. The first-order chi connectivity index (χ1) is 23.3. The molecular weight excluding hydrogens is 569 g/mol. The van der Waals surface area contributed by atoms with E-state index in [1.807, 2.05) is 0 Å². The van der Waals surface area contributed by atoms with Gasteiger partial charge in [0.05, 0.1) is 11.4 Å². The van der Waals surface area contributed by atoms with Gasteiger partial charge in [0, 0.05) is 17.5 Å². The van der Waals surface area contributed by atoms with E-state index in [1.54, 1.807) is 0 Å². The minimum absolute atomic E-state index is 0.0187. The molecule has 6 aromatic carbocycles. The lowest BCUT2D eigenvalue weighted by molar-refractivity contribution is 0.639. The lowest BCUT2D eigenvalue weighted by atomic mass is 9.66. The zero-order valence-corrected chi connectivity index (χ0v) is 26.0.